The van der Waals surface area contributed by atoms with Crippen molar-refractivity contribution >= 4 is 5.78 Å². The Morgan fingerprint density at radius 1 is 1.31 bits per heavy atom. The third-order valence-electron chi connectivity index (χ3n) is 2.35. The van der Waals surface area contributed by atoms with Crippen LogP contribution in [0.1, 0.15) is 46.5 Å². The molecule has 1 unspecified atom stereocenters. The summed E-state index contributed by atoms with van der Waals surface area (Å²) in [6, 6.07) is 0. The SMILES string of the molecule is CCCC(CN)C(=O)CCC(C)C. The van der Waals surface area contributed by atoms with Gasteiger partial charge in [0.25, 0.3) is 0 Å². The molecular formula is C11H23NO. The third kappa shape index (κ3) is 5.81. The third-order valence-corrected chi connectivity index (χ3v) is 2.35. The molecule has 0 bridgehead atoms. The maximum absolute atomic E-state index is 11.6. The predicted molar refractivity (Wildman–Crippen MR) is 56.5 cm³/mol. The molecule has 0 spiro atoms. The van der Waals surface area contributed by atoms with Gasteiger partial charge in [-0.15, -0.1) is 0 Å². The summed E-state index contributed by atoms with van der Waals surface area (Å²) in [6.07, 6.45) is 3.71. The fraction of sp³-hybridized carbons (Fsp3) is 0.909. The fourth-order valence-electron chi connectivity index (χ4n) is 1.39. The quantitative estimate of drug-likeness (QED) is 0.661. The van der Waals surface area contributed by atoms with Crippen LogP contribution in [0.15, 0.2) is 0 Å². The number of carbonyl (C=O) groups is 1. The van der Waals surface area contributed by atoms with Gasteiger partial charge in [-0.25, -0.2) is 0 Å². The summed E-state index contributed by atoms with van der Waals surface area (Å²) in [5.41, 5.74) is 5.55. The summed E-state index contributed by atoms with van der Waals surface area (Å²) in [6.45, 7) is 6.90. The summed E-state index contributed by atoms with van der Waals surface area (Å²) >= 11 is 0. The Morgan fingerprint density at radius 2 is 1.92 bits per heavy atom. The summed E-state index contributed by atoms with van der Waals surface area (Å²) in [4.78, 5) is 11.6. The van der Waals surface area contributed by atoms with E-state index in [9.17, 15) is 4.79 Å². The maximum atomic E-state index is 11.6. The van der Waals surface area contributed by atoms with E-state index in [0.717, 1.165) is 19.3 Å². The molecule has 0 aromatic carbocycles. The first-order valence-electron chi connectivity index (χ1n) is 5.34. The van der Waals surface area contributed by atoms with E-state index in [1.807, 2.05) is 0 Å². The lowest BCUT2D eigenvalue weighted by Crippen LogP contribution is -2.23. The van der Waals surface area contributed by atoms with Crippen molar-refractivity contribution in [1.29, 1.82) is 0 Å². The van der Waals surface area contributed by atoms with Crippen LogP contribution in [0.25, 0.3) is 0 Å². The Morgan fingerprint density at radius 3 is 2.31 bits per heavy atom. The normalized spacial score (nSPS) is 13.3. The Balaban J connectivity index is 3.77. The summed E-state index contributed by atoms with van der Waals surface area (Å²) in [5.74, 6) is 1.09. The van der Waals surface area contributed by atoms with Gasteiger partial charge >= 0.3 is 0 Å². The lowest BCUT2D eigenvalue weighted by molar-refractivity contribution is -0.123. The first-order valence-corrected chi connectivity index (χ1v) is 5.34. The van der Waals surface area contributed by atoms with Crippen molar-refractivity contribution in [3.63, 3.8) is 0 Å². The fourth-order valence-corrected chi connectivity index (χ4v) is 1.39. The van der Waals surface area contributed by atoms with Crippen LogP contribution in [0.2, 0.25) is 0 Å². The van der Waals surface area contributed by atoms with Gasteiger partial charge < -0.3 is 5.73 Å². The van der Waals surface area contributed by atoms with E-state index in [0.29, 0.717) is 24.7 Å². The zero-order chi connectivity index (χ0) is 10.3. The topological polar surface area (TPSA) is 43.1 Å². The Hall–Kier alpha value is -0.370. The lowest BCUT2D eigenvalue weighted by Gasteiger charge is -2.12. The standard InChI is InChI=1S/C11H23NO/c1-4-5-10(8-12)11(13)7-6-9(2)3/h9-10H,4-8,12H2,1-3H3. The highest BCUT2D eigenvalue weighted by molar-refractivity contribution is 5.81. The number of carbonyl (C=O) groups excluding carboxylic acids is 1. The lowest BCUT2D eigenvalue weighted by atomic mass is 9.93. The number of ketones is 1. The van der Waals surface area contributed by atoms with E-state index in [2.05, 4.69) is 20.8 Å². The minimum atomic E-state index is 0.115. The number of hydrogen-bond donors (Lipinski definition) is 1. The van der Waals surface area contributed by atoms with Crippen LogP contribution in [0.5, 0.6) is 0 Å². The molecule has 0 rings (SSSR count). The van der Waals surface area contributed by atoms with Crippen LogP contribution in [0.3, 0.4) is 0 Å². The molecule has 2 N–H and O–H groups in total. The molecule has 78 valence electrons. The Bertz CT molecular complexity index is 143. The van der Waals surface area contributed by atoms with Crippen molar-refractivity contribution in [2.75, 3.05) is 6.54 Å². The van der Waals surface area contributed by atoms with Gasteiger partial charge in [0, 0.05) is 18.9 Å². The monoisotopic (exact) mass is 185 g/mol. The Labute approximate surface area is 81.9 Å². The molecule has 0 aromatic heterocycles. The largest absolute Gasteiger partial charge is 0.330 e. The average Bonchev–Trinajstić information content (AvgIpc) is 2.10. The van der Waals surface area contributed by atoms with E-state index in [1.54, 1.807) is 0 Å². The van der Waals surface area contributed by atoms with E-state index in [1.165, 1.54) is 0 Å². The van der Waals surface area contributed by atoms with Gasteiger partial charge in [-0.3, -0.25) is 4.79 Å². The highest BCUT2D eigenvalue weighted by Gasteiger charge is 2.15. The smallest absolute Gasteiger partial charge is 0.137 e. The number of nitrogens with two attached hydrogens (primary N) is 1. The van der Waals surface area contributed by atoms with Crippen LogP contribution in [-0.4, -0.2) is 12.3 Å². The van der Waals surface area contributed by atoms with Gasteiger partial charge in [0.1, 0.15) is 5.78 Å². The minimum Gasteiger partial charge on any atom is -0.330 e. The maximum Gasteiger partial charge on any atom is 0.137 e. The molecule has 0 aromatic rings. The molecule has 2 nitrogen and oxygen atoms in total. The zero-order valence-corrected chi connectivity index (χ0v) is 9.18. The number of Topliss-reactive ketones (excluding diaryl/α,β-unsaturated/α-hetero) is 1. The molecule has 0 fully saturated rings. The number of rotatable bonds is 7. The van der Waals surface area contributed by atoms with Crippen molar-refractivity contribution in [3.8, 4) is 0 Å². The summed E-state index contributed by atoms with van der Waals surface area (Å²) in [7, 11) is 0. The predicted octanol–water partition coefficient (Wildman–Crippen LogP) is 2.37. The van der Waals surface area contributed by atoms with Gasteiger partial charge in [-0.2, -0.15) is 0 Å². The summed E-state index contributed by atoms with van der Waals surface area (Å²) in [5, 5.41) is 0. The second-order valence-electron chi connectivity index (χ2n) is 4.12. The first-order chi connectivity index (χ1) is 6.11. The van der Waals surface area contributed by atoms with Gasteiger partial charge in [-0.05, 0) is 18.8 Å². The molecule has 0 amide bonds. The second-order valence-corrected chi connectivity index (χ2v) is 4.12. The van der Waals surface area contributed by atoms with Crippen LogP contribution in [0.4, 0.5) is 0 Å². The molecule has 1 atom stereocenters. The highest BCUT2D eigenvalue weighted by atomic mass is 16.1. The van der Waals surface area contributed by atoms with E-state index < -0.39 is 0 Å². The Kier molecular flexibility index (Phi) is 6.87. The van der Waals surface area contributed by atoms with Gasteiger partial charge in [0.2, 0.25) is 0 Å². The van der Waals surface area contributed by atoms with Crippen LogP contribution in [-0.2, 0) is 4.79 Å². The van der Waals surface area contributed by atoms with Gasteiger partial charge in [0.05, 0.1) is 0 Å². The van der Waals surface area contributed by atoms with Crippen LogP contribution in [0, 0.1) is 11.8 Å². The van der Waals surface area contributed by atoms with E-state index >= 15 is 0 Å². The van der Waals surface area contributed by atoms with Crippen molar-refractivity contribution < 1.29 is 4.79 Å². The van der Waals surface area contributed by atoms with E-state index in [-0.39, 0.29) is 5.92 Å². The van der Waals surface area contributed by atoms with Crippen LogP contribution >= 0.6 is 0 Å². The van der Waals surface area contributed by atoms with Crippen LogP contribution < -0.4 is 5.73 Å². The van der Waals surface area contributed by atoms with Crippen molar-refractivity contribution in [3.05, 3.63) is 0 Å². The molecular weight excluding hydrogens is 162 g/mol. The second kappa shape index (κ2) is 7.07. The molecule has 13 heavy (non-hydrogen) atoms. The number of hydrogen-bond acceptors (Lipinski definition) is 2. The van der Waals surface area contributed by atoms with Crippen molar-refractivity contribution in [1.82, 2.24) is 0 Å². The average molecular weight is 185 g/mol. The molecule has 0 aliphatic rings. The summed E-state index contributed by atoms with van der Waals surface area (Å²) < 4.78 is 0. The first kappa shape index (κ1) is 12.6. The molecule has 0 heterocycles. The molecule has 0 saturated heterocycles. The molecule has 0 aliphatic heterocycles. The van der Waals surface area contributed by atoms with E-state index in [4.69, 9.17) is 5.73 Å². The van der Waals surface area contributed by atoms with Crippen molar-refractivity contribution in [2.24, 2.45) is 17.6 Å². The molecule has 0 saturated carbocycles. The van der Waals surface area contributed by atoms with Gasteiger partial charge in [0.15, 0.2) is 0 Å². The van der Waals surface area contributed by atoms with Crippen molar-refractivity contribution in [2.45, 2.75) is 46.5 Å². The zero-order valence-electron chi connectivity index (χ0n) is 9.18. The minimum absolute atomic E-state index is 0.115. The highest BCUT2D eigenvalue weighted by Crippen LogP contribution is 2.12. The van der Waals surface area contributed by atoms with Gasteiger partial charge in [-0.1, -0.05) is 27.2 Å². The molecule has 0 aliphatic carbocycles. The molecule has 2 heteroatoms. The molecule has 0 radical (unpaired) electrons.